The highest BCUT2D eigenvalue weighted by Gasteiger charge is 2.16. The minimum Gasteiger partial charge on any atom is -0.382 e. The molecule has 0 aliphatic rings. The van der Waals surface area contributed by atoms with Gasteiger partial charge in [0.2, 0.25) is 10.0 Å². The van der Waals surface area contributed by atoms with Crippen LogP contribution in [0.3, 0.4) is 0 Å². The van der Waals surface area contributed by atoms with Gasteiger partial charge in [-0.15, -0.1) is 0 Å². The SMILES string of the molecule is COCCOCCNS(=O)(=O)c1cc(CN)ccc1C. The van der Waals surface area contributed by atoms with Crippen molar-refractivity contribution in [1.82, 2.24) is 4.72 Å². The fourth-order valence-corrected chi connectivity index (χ4v) is 2.94. The lowest BCUT2D eigenvalue weighted by molar-refractivity contribution is 0.0736. The Kier molecular flexibility index (Phi) is 7.11. The third-order valence-corrected chi connectivity index (χ3v) is 4.35. The zero-order valence-corrected chi connectivity index (χ0v) is 12.7. The molecule has 114 valence electrons. The third-order valence-electron chi connectivity index (χ3n) is 2.75. The van der Waals surface area contributed by atoms with Crippen molar-refractivity contribution >= 4 is 10.0 Å². The molecule has 1 aromatic rings. The minimum atomic E-state index is -3.53. The van der Waals surface area contributed by atoms with Crippen LogP contribution in [-0.2, 0) is 26.0 Å². The van der Waals surface area contributed by atoms with Gasteiger partial charge in [0, 0.05) is 20.2 Å². The number of sulfonamides is 1. The van der Waals surface area contributed by atoms with Crippen molar-refractivity contribution in [1.29, 1.82) is 0 Å². The molecule has 0 aliphatic carbocycles. The molecule has 0 atom stereocenters. The molecule has 1 rings (SSSR count). The Morgan fingerprint density at radius 1 is 1.25 bits per heavy atom. The van der Waals surface area contributed by atoms with Crippen LogP contribution < -0.4 is 10.5 Å². The maximum atomic E-state index is 12.2. The Hall–Kier alpha value is -0.990. The van der Waals surface area contributed by atoms with Crippen LogP contribution in [-0.4, -0.2) is 41.9 Å². The highest BCUT2D eigenvalue weighted by molar-refractivity contribution is 7.89. The second kappa shape index (κ2) is 8.33. The van der Waals surface area contributed by atoms with Gasteiger partial charge in [-0.05, 0) is 24.1 Å². The quantitative estimate of drug-likeness (QED) is 0.644. The summed E-state index contributed by atoms with van der Waals surface area (Å²) < 4.78 is 36.9. The first-order valence-corrected chi connectivity index (χ1v) is 7.85. The molecular weight excluding hydrogens is 280 g/mol. The van der Waals surface area contributed by atoms with E-state index < -0.39 is 10.0 Å². The smallest absolute Gasteiger partial charge is 0.240 e. The van der Waals surface area contributed by atoms with E-state index in [1.807, 2.05) is 6.07 Å². The number of nitrogens with two attached hydrogens (primary N) is 1. The van der Waals surface area contributed by atoms with E-state index in [0.717, 1.165) is 5.56 Å². The van der Waals surface area contributed by atoms with Crippen LogP contribution in [0.15, 0.2) is 23.1 Å². The number of aryl methyl sites for hydroxylation is 1. The van der Waals surface area contributed by atoms with Gasteiger partial charge in [-0.3, -0.25) is 0 Å². The summed E-state index contributed by atoms with van der Waals surface area (Å²) in [5.41, 5.74) is 7.01. The fourth-order valence-electron chi connectivity index (χ4n) is 1.63. The number of hydrogen-bond acceptors (Lipinski definition) is 5. The Bertz CT molecular complexity index is 517. The van der Waals surface area contributed by atoms with Crippen LogP contribution >= 0.6 is 0 Å². The summed E-state index contributed by atoms with van der Waals surface area (Å²) in [6.07, 6.45) is 0. The zero-order chi connectivity index (χ0) is 15.0. The summed E-state index contributed by atoms with van der Waals surface area (Å²) >= 11 is 0. The van der Waals surface area contributed by atoms with E-state index in [9.17, 15) is 8.42 Å². The lowest BCUT2D eigenvalue weighted by Gasteiger charge is -2.11. The molecule has 0 saturated carbocycles. The van der Waals surface area contributed by atoms with Crippen molar-refractivity contribution in [3.63, 3.8) is 0 Å². The maximum absolute atomic E-state index is 12.2. The number of benzene rings is 1. The highest BCUT2D eigenvalue weighted by Crippen LogP contribution is 2.16. The van der Waals surface area contributed by atoms with Gasteiger partial charge in [0.1, 0.15) is 0 Å². The number of rotatable bonds is 9. The van der Waals surface area contributed by atoms with E-state index in [1.54, 1.807) is 26.2 Å². The number of hydrogen-bond donors (Lipinski definition) is 2. The summed E-state index contributed by atoms with van der Waals surface area (Å²) in [5.74, 6) is 0. The lowest BCUT2D eigenvalue weighted by atomic mass is 10.1. The standard InChI is InChI=1S/C13H22N2O4S/c1-11-3-4-12(10-14)9-13(11)20(16,17)15-5-6-19-8-7-18-2/h3-4,9,15H,5-8,10,14H2,1-2H3. The normalized spacial score (nSPS) is 11.8. The van der Waals surface area contributed by atoms with Gasteiger partial charge in [0.25, 0.3) is 0 Å². The van der Waals surface area contributed by atoms with Gasteiger partial charge in [-0.1, -0.05) is 12.1 Å². The van der Waals surface area contributed by atoms with Gasteiger partial charge in [-0.2, -0.15) is 0 Å². The van der Waals surface area contributed by atoms with Crippen molar-refractivity contribution in [2.45, 2.75) is 18.4 Å². The molecule has 7 heteroatoms. The molecule has 0 fully saturated rings. The molecule has 6 nitrogen and oxygen atoms in total. The van der Waals surface area contributed by atoms with Crippen LogP contribution in [0.25, 0.3) is 0 Å². The molecule has 0 heterocycles. The Morgan fingerprint density at radius 2 is 2.00 bits per heavy atom. The largest absolute Gasteiger partial charge is 0.382 e. The van der Waals surface area contributed by atoms with E-state index >= 15 is 0 Å². The molecule has 0 aromatic heterocycles. The van der Waals surface area contributed by atoms with Gasteiger partial charge < -0.3 is 15.2 Å². The predicted octanol–water partition coefficient (Wildman–Crippen LogP) is 0.395. The van der Waals surface area contributed by atoms with E-state index in [0.29, 0.717) is 31.9 Å². The van der Waals surface area contributed by atoms with Crippen LogP contribution in [0.2, 0.25) is 0 Å². The minimum absolute atomic E-state index is 0.221. The molecule has 0 spiro atoms. The average molecular weight is 302 g/mol. The van der Waals surface area contributed by atoms with Crippen molar-refractivity contribution < 1.29 is 17.9 Å². The maximum Gasteiger partial charge on any atom is 0.240 e. The summed E-state index contributed by atoms with van der Waals surface area (Å²) in [6, 6.07) is 5.18. The summed E-state index contributed by atoms with van der Waals surface area (Å²) in [6.45, 7) is 3.52. The zero-order valence-electron chi connectivity index (χ0n) is 11.9. The van der Waals surface area contributed by atoms with Crippen LogP contribution in [0.5, 0.6) is 0 Å². The second-order valence-corrected chi connectivity index (χ2v) is 6.04. The van der Waals surface area contributed by atoms with Crippen LogP contribution in [0.4, 0.5) is 0 Å². The average Bonchev–Trinajstić information content (AvgIpc) is 2.43. The molecule has 0 bridgehead atoms. The molecular formula is C13H22N2O4S. The van der Waals surface area contributed by atoms with Crippen molar-refractivity contribution in [2.24, 2.45) is 5.73 Å². The third kappa shape index (κ3) is 5.18. The van der Waals surface area contributed by atoms with E-state index in [-0.39, 0.29) is 11.4 Å². The monoisotopic (exact) mass is 302 g/mol. The first-order valence-electron chi connectivity index (χ1n) is 6.37. The molecule has 0 unspecified atom stereocenters. The first-order chi connectivity index (χ1) is 9.51. The number of ether oxygens (including phenoxy) is 2. The first kappa shape index (κ1) is 17.1. The highest BCUT2D eigenvalue weighted by atomic mass is 32.2. The summed E-state index contributed by atoms with van der Waals surface area (Å²) in [4.78, 5) is 0.261. The molecule has 0 saturated heterocycles. The predicted molar refractivity (Wildman–Crippen MR) is 77.0 cm³/mol. The number of nitrogens with one attached hydrogen (secondary N) is 1. The van der Waals surface area contributed by atoms with Gasteiger partial charge >= 0.3 is 0 Å². The molecule has 1 aromatic carbocycles. The topological polar surface area (TPSA) is 90.6 Å². The van der Waals surface area contributed by atoms with Crippen molar-refractivity contribution in [2.75, 3.05) is 33.5 Å². The second-order valence-electron chi connectivity index (χ2n) is 4.31. The molecule has 0 aliphatic heterocycles. The van der Waals surface area contributed by atoms with E-state index in [1.165, 1.54) is 0 Å². The van der Waals surface area contributed by atoms with Gasteiger partial charge in [-0.25, -0.2) is 13.1 Å². The Labute approximate surface area is 120 Å². The van der Waals surface area contributed by atoms with Gasteiger partial charge in [0.15, 0.2) is 0 Å². The van der Waals surface area contributed by atoms with Crippen molar-refractivity contribution in [3.05, 3.63) is 29.3 Å². The van der Waals surface area contributed by atoms with E-state index in [2.05, 4.69) is 4.72 Å². The molecule has 0 radical (unpaired) electrons. The van der Waals surface area contributed by atoms with Crippen LogP contribution in [0.1, 0.15) is 11.1 Å². The Morgan fingerprint density at radius 3 is 2.65 bits per heavy atom. The molecule has 3 N–H and O–H groups in total. The molecule has 0 amide bonds. The molecule has 20 heavy (non-hydrogen) atoms. The fraction of sp³-hybridized carbons (Fsp3) is 0.538. The number of methoxy groups -OCH3 is 1. The van der Waals surface area contributed by atoms with Crippen LogP contribution in [0, 0.1) is 6.92 Å². The van der Waals surface area contributed by atoms with Gasteiger partial charge in [0.05, 0.1) is 24.7 Å². The summed E-state index contributed by atoms with van der Waals surface area (Å²) in [5, 5.41) is 0. The Balaban J connectivity index is 2.60. The lowest BCUT2D eigenvalue weighted by Crippen LogP contribution is -2.28. The van der Waals surface area contributed by atoms with Crippen molar-refractivity contribution in [3.8, 4) is 0 Å². The van der Waals surface area contributed by atoms with E-state index in [4.69, 9.17) is 15.2 Å². The summed E-state index contributed by atoms with van der Waals surface area (Å²) in [7, 11) is -1.95.